The van der Waals surface area contributed by atoms with Crippen molar-refractivity contribution < 1.29 is 0 Å². The molecule has 0 saturated carbocycles. The van der Waals surface area contributed by atoms with Gasteiger partial charge in [0, 0.05) is 6.04 Å². The summed E-state index contributed by atoms with van der Waals surface area (Å²) < 4.78 is 0. The molecule has 0 aliphatic heterocycles. The molecular weight excluding hydrogens is 157 g/mol. The van der Waals surface area contributed by atoms with Gasteiger partial charge >= 0.3 is 0 Å². The molecule has 56 valence electrons. The van der Waals surface area contributed by atoms with Gasteiger partial charge < -0.3 is 0 Å². The third-order valence-corrected chi connectivity index (χ3v) is 1.75. The molecule has 0 aliphatic rings. The second-order valence-electron chi connectivity index (χ2n) is 2.63. The lowest BCUT2D eigenvalue weighted by atomic mass is 10.3. The molecule has 0 spiro atoms. The Hall–Kier alpha value is 0.540. The third kappa shape index (κ3) is 5.01. The molecule has 0 aromatic heterocycles. The van der Waals surface area contributed by atoms with Gasteiger partial charge in [0.1, 0.15) is 5.00 Å². The Balaban J connectivity index is 3.58. The maximum atomic E-state index is 5.87. The van der Waals surface area contributed by atoms with E-state index in [1.165, 1.54) is 0 Å². The smallest absolute Gasteiger partial charge is 0.105 e. The molecule has 0 aromatic rings. The lowest BCUT2D eigenvalue weighted by molar-refractivity contribution is 0.477. The number of halogens is 2. The first-order chi connectivity index (χ1) is 3.98. The van der Waals surface area contributed by atoms with E-state index in [-0.39, 0.29) is 0 Å². The van der Waals surface area contributed by atoms with Gasteiger partial charge in [0.25, 0.3) is 0 Å². The molecule has 3 heteroatoms. The Labute approximate surface area is 66.7 Å². The second kappa shape index (κ2) is 3.65. The summed E-state index contributed by atoms with van der Waals surface area (Å²) in [6.45, 7) is 5.93. The fourth-order valence-electron chi connectivity index (χ4n) is 0.640. The molecule has 0 amide bonds. The number of hydrogen-bond donors (Lipinski definition) is 1. The average molecular weight is 170 g/mol. The van der Waals surface area contributed by atoms with Gasteiger partial charge in [-0.25, -0.2) is 0 Å². The van der Waals surface area contributed by atoms with Crippen molar-refractivity contribution in [3.63, 3.8) is 0 Å². The predicted octanol–water partition coefficient (Wildman–Crippen LogP) is 2.18. The fraction of sp³-hybridized carbons (Fsp3) is 1.00. The maximum absolute atomic E-state index is 5.87. The molecule has 1 atom stereocenters. The highest BCUT2D eigenvalue weighted by Crippen LogP contribution is 2.12. The van der Waals surface area contributed by atoms with Gasteiger partial charge in [-0.2, -0.15) is 0 Å². The number of rotatable bonds is 3. The largest absolute Gasteiger partial charge is 0.296 e. The first kappa shape index (κ1) is 9.54. The highest BCUT2D eigenvalue weighted by atomic mass is 35.5. The summed E-state index contributed by atoms with van der Waals surface area (Å²) in [5, 5.41) is 3.10. The Morgan fingerprint density at radius 2 is 2.00 bits per heavy atom. The molecule has 1 unspecified atom stereocenters. The highest BCUT2D eigenvalue weighted by molar-refractivity contribution is 6.30. The summed E-state index contributed by atoms with van der Waals surface area (Å²) >= 11 is 11.4. The highest BCUT2D eigenvalue weighted by Gasteiger charge is 2.18. The Bertz CT molecular complexity index is 81.1. The van der Waals surface area contributed by atoms with Crippen molar-refractivity contribution in [2.24, 2.45) is 0 Å². The van der Waals surface area contributed by atoms with Crippen LogP contribution in [0.2, 0.25) is 0 Å². The van der Waals surface area contributed by atoms with Gasteiger partial charge in [-0.1, -0.05) is 0 Å². The monoisotopic (exact) mass is 169 g/mol. The molecule has 0 saturated heterocycles. The van der Waals surface area contributed by atoms with E-state index in [0.29, 0.717) is 11.9 Å². The molecule has 9 heavy (non-hydrogen) atoms. The van der Waals surface area contributed by atoms with Crippen LogP contribution in [0.15, 0.2) is 0 Å². The minimum Gasteiger partial charge on any atom is -0.296 e. The molecular formula is C6H13Cl2N. The topological polar surface area (TPSA) is 12.0 Å². The first-order valence-corrected chi connectivity index (χ1v) is 3.92. The quantitative estimate of drug-likeness (QED) is 0.505. The van der Waals surface area contributed by atoms with Crippen LogP contribution in [0.5, 0.6) is 0 Å². The standard InChI is InChI=1S/C6H13Cl2N/c1-5(2)9-6(3,8)4-7/h5,9H,4H2,1-3H3. The van der Waals surface area contributed by atoms with Gasteiger partial charge in [-0.05, 0) is 20.8 Å². The predicted molar refractivity (Wildman–Crippen MR) is 43.2 cm³/mol. The normalized spacial score (nSPS) is 18.0. The van der Waals surface area contributed by atoms with Gasteiger partial charge in [0.15, 0.2) is 0 Å². The SMILES string of the molecule is CC(C)NC(C)(Cl)CCl. The van der Waals surface area contributed by atoms with Crippen LogP contribution in [-0.4, -0.2) is 16.9 Å². The molecule has 0 radical (unpaired) electrons. The van der Waals surface area contributed by atoms with Crippen molar-refractivity contribution in [1.29, 1.82) is 0 Å². The van der Waals surface area contributed by atoms with Crippen LogP contribution >= 0.6 is 23.2 Å². The molecule has 0 aromatic carbocycles. The van der Waals surface area contributed by atoms with E-state index in [0.717, 1.165) is 0 Å². The Morgan fingerprint density at radius 3 is 2.11 bits per heavy atom. The molecule has 0 heterocycles. The molecule has 0 aliphatic carbocycles. The second-order valence-corrected chi connectivity index (χ2v) is 3.73. The molecule has 1 nitrogen and oxygen atoms in total. The van der Waals surface area contributed by atoms with E-state index < -0.39 is 5.00 Å². The average Bonchev–Trinajstić information content (AvgIpc) is 1.63. The number of hydrogen-bond acceptors (Lipinski definition) is 1. The van der Waals surface area contributed by atoms with Crippen LogP contribution in [0, 0.1) is 0 Å². The lowest BCUT2D eigenvalue weighted by Gasteiger charge is -2.23. The van der Waals surface area contributed by atoms with Crippen molar-refractivity contribution in [3.05, 3.63) is 0 Å². The van der Waals surface area contributed by atoms with Crippen LogP contribution in [0.1, 0.15) is 20.8 Å². The van der Waals surface area contributed by atoms with Crippen LogP contribution in [0.3, 0.4) is 0 Å². The van der Waals surface area contributed by atoms with Crippen LogP contribution in [0.4, 0.5) is 0 Å². The minimum atomic E-state index is -0.449. The summed E-state index contributed by atoms with van der Waals surface area (Å²) in [5.74, 6) is 0.423. The third-order valence-electron chi connectivity index (χ3n) is 0.841. The summed E-state index contributed by atoms with van der Waals surface area (Å²) in [7, 11) is 0. The van der Waals surface area contributed by atoms with Gasteiger partial charge in [0.05, 0.1) is 5.88 Å². The van der Waals surface area contributed by atoms with Crippen molar-refractivity contribution in [2.75, 3.05) is 5.88 Å². The number of nitrogens with one attached hydrogen (secondary N) is 1. The van der Waals surface area contributed by atoms with E-state index in [2.05, 4.69) is 5.32 Å². The van der Waals surface area contributed by atoms with E-state index in [4.69, 9.17) is 23.2 Å². The minimum absolute atomic E-state index is 0.381. The first-order valence-electron chi connectivity index (χ1n) is 3.00. The summed E-state index contributed by atoms with van der Waals surface area (Å²) in [5.41, 5.74) is 0. The molecule has 0 rings (SSSR count). The lowest BCUT2D eigenvalue weighted by Crippen LogP contribution is -2.42. The summed E-state index contributed by atoms with van der Waals surface area (Å²) in [6.07, 6.45) is 0. The van der Waals surface area contributed by atoms with Crippen LogP contribution < -0.4 is 5.32 Å². The molecule has 0 bridgehead atoms. The zero-order valence-corrected chi connectivity index (χ0v) is 7.55. The van der Waals surface area contributed by atoms with E-state index in [1.54, 1.807) is 0 Å². The Morgan fingerprint density at radius 1 is 1.56 bits per heavy atom. The van der Waals surface area contributed by atoms with E-state index in [9.17, 15) is 0 Å². The maximum Gasteiger partial charge on any atom is 0.105 e. The fourth-order valence-corrected chi connectivity index (χ4v) is 0.936. The number of alkyl halides is 2. The van der Waals surface area contributed by atoms with Crippen LogP contribution in [0.25, 0.3) is 0 Å². The Kier molecular flexibility index (Phi) is 3.86. The van der Waals surface area contributed by atoms with Crippen molar-refractivity contribution in [2.45, 2.75) is 31.8 Å². The van der Waals surface area contributed by atoms with Gasteiger partial charge in [-0.3, -0.25) is 5.32 Å². The van der Waals surface area contributed by atoms with Gasteiger partial charge in [-0.15, -0.1) is 23.2 Å². The summed E-state index contributed by atoms with van der Waals surface area (Å²) in [6, 6.07) is 0.381. The summed E-state index contributed by atoms with van der Waals surface area (Å²) in [4.78, 5) is -0.449. The van der Waals surface area contributed by atoms with E-state index in [1.807, 2.05) is 20.8 Å². The molecule has 1 N–H and O–H groups in total. The van der Waals surface area contributed by atoms with Crippen LogP contribution in [-0.2, 0) is 0 Å². The van der Waals surface area contributed by atoms with Crippen molar-refractivity contribution in [3.8, 4) is 0 Å². The van der Waals surface area contributed by atoms with Crippen molar-refractivity contribution >= 4 is 23.2 Å². The zero-order valence-electron chi connectivity index (χ0n) is 6.04. The van der Waals surface area contributed by atoms with Gasteiger partial charge in [0.2, 0.25) is 0 Å². The molecule has 0 fully saturated rings. The van der Waals surface area contributed by atoms with Crippen molar-refractivity contribution in [1.82, 2.24) is 5.32 Å². The van der Waals surface area contributed by atoms with E-state index >= 15 is 0 Å². The zero-order chi connectivity index (χ0) is 7.49.